The van der Waals surface area contributed by atoms with Crippen LogP contribution in [0.4, 0.5) is 0 Å². The first-order valence-electron chi connectivity index (χ1n) is 7.44. The Morgan fingerprint density at radius 2 is 1.95 bits per heavy atom. The van der Waals surface area contributed by atoms with Crippen LogP contribution in [-0.4, -0.2) is 36.7 Å². The van der Waals surface area contributed by atoms with Crippen molar-refractivity contribution in [2.45, 2.75) is 31.5 Å². The van der Waals surface area contributed by atoms with Gasteiger partial charge in [-0.05, 0) is 50.2 Å². The lowest BCUT2D eigenvalue weighted by Crippen LogP contribution is -2.48. The summed E-state index contributed by atoms with van der Waals surface area (Å²) >= 11 is 0. The maximum Gasteiger partial charge on any atom is 0.0757 e. The minimum Gasteiger partial charge on any atom is -0.405 e. The predicted octanol–water partition coefficient (Wildman–Crippen LogP) is 1.04. The van der Waals surface area contributed by atoms with E-state index in [2.05, 4.69) is 40.5 Å². The largest absolute Gasteiger partial charge is 0.405 e. The fourth-order valence-electron chi connectivity index (χ4n) is 2.70. The van der Waals surface area contributed by atoms with E-state index in [0.717, 1.165) is 38.9 Å². The van der Waals surface area contributed by atoms with Gasteiger partial charge in [-0.3, -0.25) is 5.32 Å². The highest BCUT2D eigenvalue weighted by Gasteiger charge is 2.19. The molecule has 5 N–H and O–H groups in total. The summed E-state index contributed by atoms with van der Waals surface area (Å²) in [4.78, 5) is 2.54. The molecule has 0 aliphatic carbocycles. The zero-order valence-corrected chi connectivity index (χ0v) is 12.0. The van der Waals surface area contributed by atoms with Crippen molar-refractivity contribution in [1.29, 1.82) is 0 Å². The first-order valence-corrected chi connectivity index (χ1v) is 7.44. The van der Waals surface area contributed by atoms with Crippen molar-refractivity contribution in [1.82, 2.24) is 10.2 Å². The molecule has 2 rings (SSSR count). The Hall–Kier alpha value is -1.36. The van der Waals surface area contributed by atoms with Crippen LogP contribution in [-0.2, 0) is 6.42 Å². The lowest BCUT2D eigenvalue weighted by Gasteiger charge is -2.33. The molecular formula is C16H26N4. The minimum absolute atomic E-state index is 0.124. The third-order valence-electron chi connectivity index (χ3n) is 3.89. The zero-order chi connectivity index (χ0) is 14.2. The SMILES string of the molecule is N/C=C\C(N)NC1CCN(CCc2ccccc2)CC1. The van der Waals surface area contributed by atoms with Gasteiger partial charge in [0, 0.05) is 12.6 Å². The second kappa shape index (κ2) is 8.04. The average Bonchev–Trinajstić information content (AvgIpc) is 2.48. The summed E-state index contributed by atoms with van der Waals surface area (Å²) < 4.78 is 0. The second-order valence-corrected chi connectivity index (χ2v) is 5.43. The first kappa shape index (κ1) is 15.0. The number of benzene rings is 1. The molecule has 1 aliphatic heterocycles. The highest BCUT2D eigenvalue weighted by atomic mass is 15.1. The van der Waals surface area contributed by atoms with Crippen molar-refractivity contribution in [2.75, 3.05) is 19.6 Å². The molecule has 1 saturated heterocycles. The van der Waals surface area contributed by atoms with Gasteiger partial charge in [0.25, 0.3) is 0 Å². The van der Waals surface area contributed by atoms with Crippen LogP contribution in [0.5, 0.6) is 0 Å². The van der Waals surface area contributed by atoms with Crippen LogP contribution in [0.25, 0.3) is 0 Å². The van der Waals surface area contributed by atoms with Crippen molar-refractivity contribution < 1.29 is 0 Å². The minimum atomic E-state index is -0.124. The average molecular weight is 274 g/mol. The standard InChI is InChI=1S/C16H26N4/c17-10-6-16(18)19-15-8-12-20(13-9-15)11-7-14-4-2-1-3-5-14/h1-6,10,15-16,19H,7-9,11-13,17-18H2/b10-6-. The summed E-state index contributed by atoms with van der Waals surface area (Å²) in [7, 11) is 0. The molecule has 1 heterocycles. The highest BCUT2D eigenvalue weighted by molar-refractivity contribution is 5.14. The topological polar surface area (TPSA) is 67.3 Å². The van der Waals surface area contributed by atoms with Gasteiger partial charge in [-0.25, -0.2) is 0 Å². The molecule has 1 fully saturated rings. The van der Waals surface area contributed by atoms with E-state index in [0.29, 0.717) is 6.04 Å². The van der Waals surface area contributed by atoms with Gasteiger partial charge in [-0.1, -0.05) is 30.3 Å². The molecule has 1 aliphatic rings. The van der Waals surface area contributed by atoms with Gasteiger partial charge in [0.15, 0.2) is 0 Å². The zero-order valence-electron chi connectivity index (χ0n) is 12.0. The van der Waals surface area contributed by atoms with E-state index in [-0.39, 0.29) is 6.17 Å². The van der Waals surface area contributed by atoms with Crippen LogP contribution in [0.3, 0.4) is 0 Å². The number of nitrogens with one attached hydrogen (secondary N) is 1. The van der Waals surface area contributed by atoms with Crippen LogP contribution >= 0.6 is 0 Å². The van der Waals surface area contributed by atoms with E-state index in [1.165, 1.54) is 11.8 Å². The quantitative estimate of drug-likeness (QED) is 0.678. The lowest BCUT2D eigenvalue weighted by atomic mass is 10.0. The molecule has 0 amide bonds. The van der Waals surface area contributed by atoms with E-state index in [4.69, 9.17) is 11.5 Å². The van der Waals surface area contributed by atoms with E-state index < -0.39 is 0 Å². The number of nitrogens with two attached hydrogens (primary N) is 2. The summed E-state index contributed by atoms with van der Waals surface area (Å²) in [5.41, 5.74) is 12.7. The predicted molar refractivity (Wildman–Crippen MR) is 84.0 cm³/mol. The normalized spacial score (nSPS) is 19.4. The Labute approximate surface area is 121 Å². The molecule has 0 spiro atoms. The van der Waals surface area contributed by atoms with Gasteiger partial charge in [0.1, 0.15) is 0 Å². The molecule has 0 radical (unpaired) electrons. The molecule has 1 atom stereocenters. The Kier molecular flexibility index (Phi) is 6.05. The van der Waals surface area contributed by atoms with Gasteiger partial charge < -0.3 is 16.4 Å². The molecule has 110 valence electrons. The fraction of sp³-hybridized carbons (Fsp3) is 0.500. The summed E-state index contributed by atoms with van der Waals surface area (Å²) in [6, 6.07) is 11.2. The molecule has 0 aromatic heterocycles. The molecule has 20 heavy (non-hydrogen) atoms. The van der Waals surface area contributed by atoms with Crippen LogP contribution in [0, 0.1) is 0 Å². The molecule has 1 aromatic carbocycles. The maximum atomic E-state index is 5.89. The van der Waals surface area contributed by atoms with Crippen molar-refractivity contribution in [3.63, 3.8) is 0 Å². The molecule has 1 unspecified atom stereocenters. The van der Waals surface area contributed by atoms with E-state index in [1.807, 2.05) is 0 Å². The summed E-state index contributed by atoms with van der Waals surface area (Å²) in [5, 5.41) is 3.40. The molecule has 4 heteroatoms. The Bertz CT molecular complexity index is 396. The van der Waals surface area contributed by atoms with Gasteiger partial charge >= 0.3 is 0 Å². The van der Waals surface area contributed by atoms with Crippen molar-refractivity contribution in [3.8, 4) is 0 Å². The van der Waals surface area contributed by atoms with E-state index >= 15 is 0 Å². The van der Waals surface area contributed by atoms with Crippen molar-refractivity contribution >= 4 is 0 Å². The van der Waals surface area contributed by atoms with Crippen LogP contribution in [0.2, 0.25) is 0 Å². The second-order valence-electron chi connectivity index (χ2n) is 5.43. The number of nitrogens with zero attached hydrogens (tertiary/aromatic N) is 1. The summed E-state index contributed by atoms with van der Waals surface area (Å²) in [6.07, 6.45) is 6.62. The number of likely N-dealkylation sites (tertiary alicyclic amines) is 1. The first-order chi connectivity index (χ1) is 9.78. The summed E-state index contributed by atoms with van der Waals surface area (Å²) in [6.45, 7) is 3.43. The molecule has 0 saturated carbocycles. The van der Waals surface area contributed by atoms with Crippen molar-refractivity contribution in [3.05, 3.63) is 48.2 Å². The Balaban J connectivity index is 1.66. The Morgan fingerprint density at radius 3 is 2.60 bits per heavy atom. The highest BCUT2D eigenvalue weighted by Crippen LogP contribution is 2.11. The molecule has 0 bridgehead atoms. The third kappa shape index (κ3) is 4.96. The number of hydrogen-bond acceptors (Lipinski definition) is 4. The summed E-state index contributed by atoms with van der Waals surface area (Å²) in [5.74, 6) is 0. The van der Waals surface area contributed by atoms with Crippen LogP contribution < -0.4 is 16.8 Å². The van der Waals surface area contributed by atoms with Crippen molar-refractivity contribution in [2.24, 2.45) is 11.5 Å². The van der Waals surface area contributed by atoms with Crippen LogP contribution in [0.15, 0.2) is 42.6 Å². The van der Waals surface area contributed by atoms with Gasteiger partial charge in [-0.15, -0.1) is 0 Å². The molecule has 1 aromatic rings. The van der Waals surface area contributed by atoms with Crippen LogP contribution in [0.1, 0.15) is 18.4 Å². The third-order valence-corrected chi connectivity index (χ3v) is 3.89. The van der Waals surface area contributed by atoms with Gasteiger partial charge in [-0.2, -0.15) is 0 Å². The van der Waals surface area contributed by atoms with E-state index in [9.17, 15) is 0 Å². The van der Waals surface area contributed by atoms with Gasteiger partial charge in [0.2, 0.25) is 0 Å². The fourth-order valence-corrected chi connectivity index (χ4v) is 2.70. The monoisotopic (exact) mass is 274 g/mol. The Morgan fingerprint density at radius 1 is 1.25 bits per heavy atom. The number of rotatable bonds is 6. The lowest BCUT2D eigenvalue weighted by molar-refractivity contribution is 0.196. The molecule has 4 nitrogen and oxygen atoms in total. The maximum absolute atomic E-state index is 5.89. The smallest absolute Gasteiger partial charge is 0.0757 e. The number of piperidine rings is 1. The van der Waals surface area contributed by atoms with Gasteiger partial charge in [0.05, 0.1) is 6.17 Å². The molecular weight excluding hydrogens is 248 g/mol. The van der Waals surface area contributed by atoms with E-state index in [1.54, 1.807) is 6.08 Å². The number of hydrogen-bond donors (Lipinski definition) is 3.